The predicted molar refractivity (Wildman–Crippen MR) is 111 cm³/mol. The topological polar surface area (TPSA) is 46.4 Å². The van der Waals surface area contributed by atoms with Gasteiger partial charge in [0.05, 0.1) is 5.75 Å². The van der Waals surface area contributed by atoms with Crippen molar-refractivity contribution in [3.05, 3.63) is 84.6 Å². The monoisotopic (exact) mass is 373 g/mol. The lowest BCUT2D eigenvalue weighted by Crippen LogP contribution is -2.16. The minimum Gasteiger partial charge on any atom is -0.309 e. The summed E-state index contributed by atoms with van der Waals surface area (Å²) in [7, 11) is 0. The summed E-state index contributed by atoms with van der Waals surface area (Å²) in [5, 5.41) is 3.06. The molecule has 0 fully saturated rings. The van der Waals surface area contributed by atoms with Gasteiger partial charge in [0, 0.05) is 16.7 Å². The molecule has 4 aromatic rings. The van der Waals surface area contributed by atoms with Crippen molar-refractivity contribution in [3.63, 3.8) is 0 Å². The van der Waals surface area contributed by atoms with Crippen molar-refractivity contribution in [2.24, 2.45) is 0 Å². The number of hydrogen-bond donors (Lipinski definition) is 1. The number of amides is 1. The molecule has 0 spiro atoms. The third kappa shape index (κ3) is 3.73. The number of thioether (sulfide) groups is 1. The molecule has 0 bridgehead atoms. The molecular weight excluding hydrogens is 354 g/mol. The smallest absolute Gasteiger partial charge is 0.235 e. The Hall–Kier alpha value is -3.05. The lowest BCUT2D eigenvalue weighted by Gasteiger charge is -2.09. The number of aromatic nitrogens is 2. The van der Waals surface area contributed by atoms with Crippen LogP contribution in [0.15, 0.2) is 83.9 Å². The van der Waals surface area contributed by atoms with E-state index >= 15 is 0 Å². The van der Waals surface area contributed by atoms with Gasteiger partial charge in [0.15, 0.2) is 0 Å². The third-order valence-electron chi connectivity index (χ3n) is 4.29. The predicted octanol–water partition coefficient (Wildman–Crippen LogP) is 5.04. The number of benzene rings is 2. The number of nitrogens with zero attached hydrogens (tertiary/aromatic N) is 2. The number of carbonyl (C=O) groups excluding carboxylic acids is 1. The van der Waals surface area contributed by atoms with E-state index < -0.39 is 0 Å². The van der Waals surface area contributed by atoms with E-state index in [1.807, 2.05) is 77.3 Å². The molecule has 0 saturated heterocycles. The van der Waals surface area contributed by atoms with Crippen LogP contribution in [0.3, 0.4) is 0 Å². The SMILES string of the molecule is Cc1ccccc1SCC(=O)Nc1c(-c2ccccc2)nc2ccccn12. The van der Waals surface area contributed by atoms with Crippen molar-refractivity contribution in [1.82, 2.24) is 9.38 Å². The highest BCUT2D eigenvalue weighted by molar-refractivity contribution is 8.00. The van der Waals surface area contributed by atoms with E-state index in [4.69, 9.17) is 4.98 Å². The fourth-order valence-corrected chi connectivity index (χ4v) is 3.77. The van der Waals surface area contributed by atoms with Gasteiger partial charge in [-0.1, -0.05) is 54.6 Å². The number of imidazole rings is 1. The number of pyridine rings is 1. The van der Waals surface area contributed by atoms with Gasteiger partial charge in [0.25, 0.3) is 0 Å². The normalized spacial score (nSPS) is 10.9. The second-order valence-electron chi connectivity index (χ2n) is 6.21. The van der Waals surface area contributed by atoms with Gasteiger partial charge in [0.1, 0.15) is 17.2 Å². The Balaban J connectivity index is 1.61. The molecule has 27 heavy (non-hydrogen) atoms. The number of rotatable bonds is 5. The van der Waals surface area contributed by atoms with E-state index in [1.165, 1.54) is 5.56 Å². The molecule has 134 valence electrons. The molecule has 4 rings (SSSR count). The third-order valence-corrected chi connectivity index (χ3v) is 5.46. The molecule has 0 saturated carbocycles. The molecule has 1 N–H and O–H groups in total. The first-order chi connectivity index (χ1) is 13.2. The maximum atomic E-state index is 12.6. The van der Waals surface area contributed by atoms with Crippen LogP contribution in [0.25, 0.3) is 16.9 Å². The molecule has 4 nitrogen and oxygen atoms in total. The van der Waals surface area contributed by atoms with Crippen LogP contribution >= 0.6 is 11.8 Å². The molecule has 0 radical (unpaired) electrons. The summed E-state index contributed by atoms with van der Waals surface area (Å²) >= 11 is 1.54. The fraction of sp³-hybridized carbons (Fsp3) is 0.0909. The zero-order valence-corrected chi connectivity index (χ0v) is 15.7. The summed E-state index contributed by atoms with van der Waals surface area (Å²) in [4.78, 5) is 18.5. The zero-order valence-electron chi connectivity index (χ0n) is 14.9. The molecule has 0 atom stereocenters. The lowest BCUT2D eigenvalue weighted by molar-refractivity contribution is -0.113. The van der Waals surface area contributed by atoms with E-state index in [2.05, 4.69) is 18.3 Å². The van der Waals surface area contributed by atoms with E-state index in [9.17, 15) is 4.79 Å². The van der Waals surface area contributed by atoms with Crippen LogP contribution < -0.4 is 5.32 Å². The van der Waals surface area contributed by atoms with Gasteiger partial charge < -0.3 is 5.32 Å². The average Bonchev–Trinajstić information content (AvgIpc) is 3.06. The standard InChI is InChI=1S/C22H19N3OS/c1-16-9-5-6-12-18(16)27-15-20(26)24-22-21(17-10-3-2-4-11-17)23-19-13-7-8-14-25(19)22/h2-14H,15H2,1H3,(H,24,26). The van der Waals surface area contributed by atoms with E-state index in [1.54, 1.807) is 11.8 Å². The summed E-state index contributed by atoms with van der Waals surface area (Å²) in [5.41, 5.74) is 3.73. The van der Waals surface area contributed by atoms with Crippen LogP contribution in [0.1, 0.15) is 5.56 Å². The molecule has 0 aliphatic rings. The first-order valence-electron chi connectivity index (χ1n) is 8.73. The highest BCUT2D eigenvalue weighted by Gasteiger charge is 2.16. The van der Waals surface area contributed by atoms with Gasteiger partial charge in [-0.25, -0.2) is 4.98 Å². The quantitative estimate of drug-likeness (QED) is 0.499. The van der Waals surface area contributed by atoms with E-state index in [0.29, 0.717) is 11.6 Å². The Kier molecular flexibility index (Phi) is 4.94. The summed E-state index contributed by atoms with van der Waals surface area (Å²) in [5.74, 6) is 0.998. The average molecular weight is 373 g/mol. The van der Waals surface area contributed by atoms with Gasteiger partial charge >= 0.3 is 0 Å². The highest BCUT2D eigenvalue weighted by Crippen LogP contribution is 2.29. The Morgan fingerprint density at radius 1 is 1.00 bits per heavy atom. The van der Waals surface area contributed by atoms with Gasteiger partial charge in [-0.15, -0.1) is 11.8 Å². The van der Waals surface area contributed by atoms with Crippen LogP contribution in [0, 0.1) is 6.92 Å². The van der Waals surface area contributed by atoms with E-state index in [0.717, 1.165) is 21.8 Å². The number of hydrogen-bond acceptors (Lipinski definition) is 3. The highest BCUT2D eigenvalue weighted by atomic mass is 32.2. The van der Waals surface area contributed by atoms with Crippen LogP contribution in [-0.2, 0) is 4.79 Å². The molecule has 2 aromatic heterocycles. The van der Waals surface area contributed by atoms with Gasteiger partial charge in [-0.2, -0.15) is 0 Å². The number of aryl methyl sites for hydroxylation is 1. The lowest BCUT2D eigenvalue weighted by atomic mass is 10.1. The first kappa shape index (κ1) is 17.4. The molecule has 1 amide bonds. The summed E-state index contributed by atoms with van der Waals surface area (Å²) in [6, 6.07) is 23.8. The van der Waals surface area contributed by atoms with Crippen molar-refractivity contribution in [2.75, 3.05) is 11.1 Å². The number of anilines is 1. The fourth-order valence-electron chi connectivity index (χ4n) is 2.94. The Bertz CT molecular complexity index is 1090. The molecule has 0 unspecified atom stereocenters. The summed E-state index contributed by atoms with van der Waals surface area (Å²) in [6.07, 6.45) is 1.92. The van der Waals surface area contributed by atoms with Gasteiger partial charge in [0.2, 0.25) is 5.91 Å². The Morgan fingerprint density at radius 3 is 2.56 bits per heavy atom. The Morgan fingerprint density at radius 2 is 1.74 bits per heavy atom. The van der Waals surface area contributed by atoms with Crippen LogP contribution in [-0.4, -0.2) is 21.0 Å². The Labute approximate surface area is 162 Å². The van der Waals surface area contributed by atoms with Crippen molar-refractivity contribution in [1.29, 1.82) is 0 Å². The largest absolute Gasteiger partial charge is 0.309 e. The second kappa shape index (κ2) is 7.68. The minimum atomic E-state index is -0.0499. The van der Waals surface area contributed by atoms with Crippen molar-refractivity contribution >= 4 is 29.1 Å². The van der Waals surface area contributed by atoms with Crippen molar-refractivity contribution in [2.45, 2.75) is 11.8 Å². The minimum absolute atomic E-state index is 0.0499. The summed E-state index contributed by atoms with van der Waals surface area (Å²) in [6.45, 7) is 2.05. The van der Waals surface area contributed by atoms with E-state index in [-0.39, 0.29) is 5.91 Å². The second-order valence-corrected chi connectivity index (χ2v) is 7.22. The molecule has 2 heterocycles. The molecule has 0 aliphatic heterocycles. The maximum Gasteiger partial charge on any atom is 0.235 e. The maximum absolute atomic E-state index is 12.6. The molecule has 2 aromatic carbocycles. The zero-order chi connectivity index (χ0) is 18.6. The number of nitrogens with one attached hydrogen (secondary N) is 1. The molecule has 5 heteroatoms. The van der Waals surface area contributed by atoms with Crippen LogP contribution in [0.4, 0.5) is 5.82 Å². The van der Waals surface area contributed by atoms with Crippen molar-refractivity contribution in [3.8, 4) is 11.3 Å². The van der Waals surface area contributed by atoms with Gasteiger partial charge in [-0.05, 0) is 30.7 Å². The van der Waals surface area contributed by atoms with Crippen molar-refractivity contribution < 1.29 is 4.79 Å². The first-order valence-corrected chi connectivity index (χ1v) is 9.72. The van der Waals surface area contributed by atoms with Crippen LogP contribution in [0.5, 0.6) is 0 Å². The number of fused-ring (bicyclic) bond motifs is 1. The number of carbonyl (C=O) groups is 1. The van der Waals surface area contributed by atoms with Gasteiger partial charge in [-0.3, -0.25) is 9.20 Å². The molecule has 0 aliphatic carbocycles. The molecular formula is C22H19N3OS. The van der Waals surface area contributed by atoms with Crippen LogP contribution in [0.2, 0.25) is 0 Å². The summed E-state index contributed by atoms with van der Waals surface area (Å²) < 4.78 is 1.92.